The van der Waals surface area contributed by atoms with Gasteiger partial charge in [-0.2, -0.15) is 0 Å². The maximum Gasteiger partial charge on any atom is 0.0369 e. The first kappa shape index (κ1) is 14.9. The van der Waals surface area contributed by atoms with Gasteiger partial charge in [-0.25, -0.2) is 0 Å². The number of hydrogen-bond acceptors (Lipinski definition) is 2. The fourth-order valence-corrected chi connectivity index (χ4v) is 4.01. The Morgan fingerprint density at radius 1 is 1.10 bits per heavy atom. The number of anilines is 1. The SMILES string of the molecule is CCCNCc1cccc(N2CC3(CCCCCC3)C2)c1. The minimum absolute atomic E-state index is 0.660. The molecule has 1 N–H and O–H groups in total. The van der Waals surface area contributed by atoms with E-state index in [0.717, 1.165) is 13.1 Å². The van der Waals surface area contributed by atoms with E-state index in [9.17, 15) is 0 Å². The van der Waals surface area contributed by atoms with Crippen molar-refractivity contribution in [1.82, 2.24) is 5.32 Å². The smallest absolute Gasteiger partial charge is 0.0369 e. The Morgan fingerprint density at radius 3 is 2.57 bits per heavy atom. The Labute approximate surface area is 129 Å². The first-order valence-electron chi connectivity index (χ1n) is 8.86. The molecule has 0 amide bonds. The molecule has 0 unspecified atom stereocenters. The maximum absolute atomic E-state index is 3.50. The van der Waals surface area contributed by atoms with Gasteiger partial charge in [0.2, 0.25) is 0 Å². The molecule has 1 spiro atoms. The molecule has 116 valence electrons. The second kappa shape index (κ2) is 6.83. The van der Waals surface area contributed by atoms with Crippen molar-refractivity contribution in [2.75, 3.05) is 24.5 Å². The summed E-state index contributed by atoms with van der Waals surface area (Å²) >= 11 is 0. The zero-order valence-corrected chi connectivity index (χ0v) is 13.5. The van der Waals surface area contributed by atoms with Crippen molar-refractivity contribution in [3.63, 3.8) is 0 Å². The van der Waals surface area contributed by atoms with Crippen LogP contribution in [0.2, 0.25) is 0 Å². The van der Waals surface area contributed by atoms with Gasteiger partial charge in [0.25, 0.3) is 0 Å². The van der Waals surface area contributed by atoms with E-state index in [2.05, 4.69) is 41.4 Å². The maximum atomic E-state index is 3.50. The zero-order chi connectivity index (χ0) is 14.5. The van der Waals surface area contributed by atoms with Crippen LogP contribution in [0.25, 0.3) is 0 Å². The number of benzene rings is 1. The van der Waals surface area contributed by atoms with Gasteiger partial charge in [-0.3, -0.25) is 0 Å². The van der Waals surface area contributed by atoms with Crippen LogP contribution in [0.5, 0.6) is 0 Å². The third-order valence-electron chi connectivity index (χ3n) is 5.25. The molecule has 1 heterocycles. The van der Waals surface area contributed by atoms with E-state index in [-0.39, 0.29) is 0 Å². The molecule has 1 aliphatic carbocycles. The summed E-state index contributed by atoms with van der Waals surface area (Å²) in [5.74, 6) is 0. The third kappa shape index (κ3) is 3.60. The molecule has 1 aliphatic heterocycles. The lowest BCUT2D eigenvalue weighted by Gasteiger charge is -2.51. The fraction of sp³-hybridized carbons (Fsp3) is 0.684. The molecule has 2 fully saturated rings. The Bertz CT molecular complexity index is 439. The van der Waals surface area contributed by atoms with E-state index >= 15 is 0 Å². The molecular weight excluding hydrogens is 256 g/mol. The van der Waals surface area contributed by atoms with Gasteiger partial charge in [0.15, 0.2) is 0 Å². The Morgan fingerprint density at radius 2 is 1.86 bits per heavy atom. The van der Waals surface area contributed by atoms with Crippen LogP contribution in [-0.4, -0.2) is 19.6 Å². The summed E-state index contributed by atoms with van der Waals surface area (Å²) in [7, 11) is 0. The third-order valence-corrected chi connectivity index (χ3v) is 5.25. The first-order chi connectivity index (χ1) is 10.3. The van der Waals surface area contributed by atoms with E-state index in [1.54, 1.807) is 0 Å². The van der Waals surface area contributed by atoms with E-state index < -0.39 is 0 Å². The lowest BCUT2D eigenvalue weighted by Crippen LogP contribution is -2.56. The van der Waals surface area contributed by atoms with E-state index in [1.807, 2.05) is 0 Å². The Balaban J connectivity index is 1.57. The summed E-state index contributed by atoms with van der Waals surface area (Å²) in [4.78, 5) is 2.59. The molecule has 1 saturated carbocycles. The van der Waals surface area contributed by atoms with Crippen LogP contribution in [0.15, 0.2) is 24.3 Å². The number of hydrogen-bond donors (Lipinski definition) is 1. The highest BCUT2D eigenvalue weighted by Gasteiger charge is 2.42. The molecular formula is C19H30N2. The lowest BCUT2D eigenvalue weighted by atomic mass is 9.73. The summed E-state index contributed by atoms with van der Waals surface area (Å²) < 4.78 is 0. The molecule has 3 rings (SSSR count). The van der Waals surface area contributed by atoms with Gasteiger partial charge in [-0.1, -0.05) is 44.7 Å². The van der Waals surface area contributed by atoms with Crippen LogP contribution in [0, 0.1) is 5.41 Å². The fourth-order valence-electron chi connectivity index (χ4n) is 4.01. The van der Waals surface area contributed by atoms with Crippen molar-refractivity contribution in [1.29, 1.82) is 0 Å². The summed E-state index contributed by atoms with van der Waals surface area (Å²) in [6.45, 7) is 6.91. The standard InChI is InChI=1S/C19H30N2/c1-2-12-20-14-17-8-7-9-18(13-17)21-15-19(16-21)10-5-3-4-6-11-19/h7-9,13,20H,2-6,10-12,14-16H2,1H3. The zero-order valence-electron chi connectivity index (χ0n) is 13.5. The Hall–Kier alpha value is -1.02. The highest BCUT2D eigenvalue weighted by atomic mass is 15.2. The minimum atomic E-state index is 0.660. The van der Waals surface area contributed by atoms with E-state index in [1.165, 1.54) is 69.3 Å². The monoisotopic (exact) mass is 286 g/mol. The highest BCUT2D eigenvalue weighted by Crippen LogP contribution is 2.44. The van der Waals surface area contributed by atoms with Crippen LogP contribution < -0.4 is 10.2 Å². The average molecular weight is 286 g/mol. The predicted molar refractivity (Wildman–Crippen MR) is 90.8 cm³/mol. The van der Waals surface area contributed by atoms with Crippen LogP contribution in [-0.2, 0) is 6.54 Å². The van der Waals surface area contributed by atoms with Gasteiger partial charge in [0.05, 0.1) is 0 Å². The molecule has 1 aromatic rings. The average Bonchev–Trinajstić information content (AvgIpc) is 2.72. The number of nitrogens with one attached hydrogen (secondary N) is 1. The summed E-state index contributed by atoms with van der Waals surface area (Å²) in [6.07, 6.45) is 9.95. The van der Waals surface area contributed by atoms with E-state index in [4.69, 9.17) is 0 Å². The normalized spacial score (nSPS) is 21.1. The lowest BCUT2D eigenvalue weighted by molar-refractivity contribution is 0.180. The van der Waals surface area contributed by atoms with Gasteiger partial charge < -0.3 is 10.2 Å². The predicted octanol–water partition coefficient (Wildman–Crippen LogP) is 4.35. The summed E-state index contributed by atoms with van der Waals surface area (Å²) in [5.41, 5.74) is 3.51. The van der Waals surface area contributed by atoms with Crippen LogP contribution >= 0.6 is 0 Å². The van der Waals surface area contributed by atoms with Gasteiger partial charge in [0, 0.05) is 30.7 Å². The largest absolute Gasteiger partial charge is 0.370 e. The first-order valence-corrected chi connectivity index (χ1v) is 8.86. The molecule has 1 aromatic carbocycles. The molecule has 2 aliphatic rings. The Kier molecular flexibility index (Phi) is 4.84. The molecule has 21 heavy (non-hydrogen) atoms. The van der Waals surface area contributed by atoms with Crippen molar-refractivity contribution in [2.45, 2.75) is 58.4 Å². The molecule has 0 bridgehead atoms. The second-order valence-corrected chi connectivity index (χ2v) is 7.12. The number of rotatable bonds is 5. The molecule has 2 nitrogen and oxygen atoms in total. The van der Waals surface area contributed by atoms with Gasteiger partial charge >= 0.3 is 0 Å². The molecule has 0 radical (unpaired) electrons. The summed E-state index contributed by atoms with van der Waals surface area (Å²) in [5, 5.41) is 3.50. The van der Waals surface area contributed by atoms with Gasteiger partial charge in [0.1, 0.15) is 0 Å². The topological polar surface area (TPSA) is 15.3 Å². The van der Waals surface area contributed by atoms with Crippen molar-refractivity contribution in [3.8, 4) is 0 Å². The number of nitrogens with zero attached hydrogens (tertiary/aromatic N) is 1. The van der Waals surface area contributed by atoms with Crippen LogP contribution in [0.3, 0.4) is 0 Å². The second-order valence-electron chi connectivity index (χ2n) is 7.12. The summed E-state index contributed by atoms with van der Waals surface area (Å²) in [6, 6.07) is 9.13. The molecule has 2 heteroatoms. The van der Waals surface area contributed by atoms with Gasteiger partial charge in [-0.05, 0) is 43.5 Å². The van der Waals surface area contributed by atoms with E-state index in [0.29, 0.717) is 5.41 Å². The molecule has 1 saturated heterocycles. The molecule has 0 aromatic heterocycles. The van der Waals surface area contributed by atoms with Crippen molar-refractivity contribution in [2.24, 2.45) is 5.41 Å². The highest BCUT2D eigenvalue weighted by molar-refractivity contribution is 5.51. The van der Waals surface area contributed by atoms with Crippen LogP contribution in [0.1, 0.15) is 57.4 Å². The minimum Gasteiger partial charge on any atom is -0.370 e. The molecule has 0 atom stereocenters. The quantitative estimate of drug-likeness (QED) is 0.810. The van der Waals surface area contributed by atoms with Gasteiger partial charge in [-0.15, -0.1) is 0 Å². The van der Waals surface area contributed by atoms with Crippen LogP contribution in [0.4, 0.5) is 5.69 Å². The van der Waals surface area contributed by atoms with Crippen molar-refractivity contribution >= 4 is 5.69 Å². The van der Waals surface area contributed by atoms with Crippen molar-refractivity contribution in [3.05, 3.63) is 29.8 Å². The van der Waals surface area contributed by atoms with Crippen molar-refractivity contribution < 1.29 is 0 Å².